The minimum absolute atomic E-state index is 0.0807. The lowest BCUT2D eigenvalue weighted by atomic mass is 10.2. The van der Waals surface area contributed by atoms with Crippen LogP contribution in [0.1, 0.15) is 17.5 Å². The highest BCUT2D eigenvalue weighted by molar-refractivity contribution is 6.02. The summed E-state index contributed by atoms with van der Waals surface area (Å²) in [7, 11) is 0. The van der Waals surface area contributed by atoms with Crippen LogP contribution in [0.2, 0.25) is 0 Å². The van der Waals surface area contributed by atoms with Crippen molar-refractivity contribution >= 4 is 17.6 Å². The van der Waals surface area contributed by atoms with Gasteiger partial charge >= 0.3 is 5.97 Å². The summed E-state index contributed by atoms with van der Waals surface area (Å²) < 4.78 is 29.0. The zero-order valence-electron chi connectivity index (χ0n) is 15.1. The van der Waals surface area contributed by atoms with Crippen molar-refractivity contribution in [3.8, 4) is 17.1 Å². The van der Waals surface area contributed by atoms with E-state index in [1.165, 1.54) is 18.2 Å². The third kappa shape index (κ3) is 4.97. The van der Waals surface area contributed by atoms with E-state index in [2.05, 4.69) is 5.32 Å². The average molecular weight is 383 g/mol. The Bertz CT molecular complexity index is 982. The number of benzene rings is 2. The van der Waals surface area contributed by atoms with Crippen molar-refractivity contribution in [3.05, 3.63) is 72.2 Å². The van der Waals surface area contributed by atoms with Crippen molar-refractivity contribution in [2.24, 2.45) is 0 Å². The molecule has 28 heavy (non-hydrogen) atoms. The fraction of sp³-hybridized carbons (Fsp3) is 0.143. The van der Waals surface area contributed by atoms with Crippen LogP contribution in [0.3, 0.4) is 0 Å². The molecular weight excluding hydrogens is 365 g/mol. The van der Waals surface area contributed by atoms with Gasteiger partial charge < -0.3 is 19.2 Å². The van der Waals surface area contributed by atoms with Gasteiger partial charge in [-0.05, 0) is 43.3 Å². The number of rotatable bonds is 7. The van der Waals surface area contributed by atoms with Crippen molar-refractivity contribution in [1.82, 2.24) is 0 Å². The molecule has 1 aromatic heterocycles. The van der Waals surface area contributed by atoms with E-state index in [0.717, 1.165) is 0 Å². The highest BCUT2D eigenvalue weighted by Crippen LogP contribution is 2.24. The Labute approximate surface area is 160 Å². The van der Waals surface area contributed by atoms with Crippen LogP contribution in [0.15, 0.2) is 65.1 Å². The number of halogens is 1. The van der Waals surface area contributed by atoms with E-state index in [1.807, 2.05) is 0 Å². The van der Waals surface area contributed by atoms with Gasteiger partial charge in [0.15, 0.2) is 12.4 Å². The van der Waals surface area contributed by atoms with Crippen molar-refractivity contribution < 1.29 is 27.9 Å². The Kier molecular flexibility index (Phi) is 6.06. The highest BCUT2D eigenvalue weighted by Gasteiger charge is 2.13. The zero-order valence-corrected chi connectivity index (χ0v) is 15.1. The quantitative estimate of drug-likeness (QED) is 0.616. The molecular formula is C21H18FNO5. The Morgan fingerprint density at radius 2 is 1.89 bits per heavy atom. The molecule has 0 fully saturated rings. The van der Waals surface area contributed by atoms with Crippen LogP contribution in [0.5, 0.6) is 5.75 Å². The standard InChI is InChI=1S/C21H18FNO5/c1-2-26-20(24)13-27-17-8-4-7-16(12-17)23-21(25)19-10-9-18(28-19)14-5-3-6-15(22)11-14/h3-12H,2,13H2,1H3,(H,23,25). The van der Waals surface area contributed by atoms with Gasteiger partial charge in [0.25, 0.3) is 5.91 Å². The molecule has 0 bridgehead atoms. The van der Waals surface area contributed by atoms with Gasteiger partial charge in [-0.25, -0.2) is 9.18 Å². The maximum absolute atomic E-state index is 13.3. The largest absolute Gasteiger partial charge is 0.482 e. The minimum atomic E-state index is -0.475. The number of furan rings is 1. The second kappa shape index (κ2) is 8.85. The summed E-state index contributed by atoms with van der Waals surface area (Å²) in [6, 6.07) is 15.6. The smallest absolute Gasteiger partial charge is 0.344 e. The summed E-state index contributed by atoms with van der Waals surface area (Å²) in [5, 5.41) is 2.68. The third-order valence-electron chi connectivity index (χ3n) is 3.69. The molecule has 6 nitrogen and oxygen atoms in total. The molecule has 0 aliphatic carbocycles. The van der Waals surface area contributed by atoms with Gasteiger partial charge in [-0.2, -0.15) is 0 Å². The number of esters is 1. The van der Waals surface area contributed by atoms with Crippen LogP contribution in [-0.4, -0.2) is 25.1 Å². The third-order valence-corrected chi connectivity index (χ3v) is 3.69. The van der Waals surface area contributed by atoms with Gasteiger partial charge in [-0.1, -0.05) is 18.2 Å². The summed E-state index contributed by atoms with van der Waals surface area (Å²) >= 11 is 0. The minimum Gasteiger partial charge on any atom is -0.482 e. The first-order valence-corrected chi connectivity index (χ1v) is 8.61. The molecule has 0 aliphatic heterocycles. The van der Waals surface area contributed by atoms with E-state index in [4.69, 9.17) is 13.9 Å². The maximum Gasteiger partial charge on any atom is 0.344 e. The Balaban J connectivity index is 1.65. The summed E-state index contributed by atoms with van der Waals surface area (Å²) in [4.78, 5) is 23.7. The highest BCUT2D eigenvalue weighted by atomic mass is 19.1. The molecule has 2 aromatic carbocycles. The van der Waals surface area contributed by atoms with Crippen LogP contribution >= 0.6 is 0 Å². The molecule has 3 rings (SSSR count). The van der Waals surface area contributed by atoms with Crippen molar-refractivity contribution in [2.75, 3.05) is 18.5 Å². The van der Waals surface area contributed by atoms with Gasteiger partial charge in [0.05, 0.1) is 6.61 Å². The van der Waals surface area contributed by atoms with Crippen LogP contribution < -0.4 is 10.1 Å². The molecule has 1 amide bonds. The number of hydrogen-bond donors (Lipinski definition) is 1. The fourth-order valence-electron chi connectivity index (χ4n) is 2.46. The van der Waals surface area contributed by atoms with Crippen molar-refractivity contribution in [2.45, 2.75) is 6.92 Å². The van der Waals surface area contributed by atoms with Crippen molar-refractivity contribution in [1.29, 1.82) is 0 Å². The summed E-state index contributed by atoms with van der Waals surface area (Å²) in [6.07, 6.45) is 0. The monoisotopic (exact) mass is 383 g/mol. The molecule has 0 aliphatic rings. The lowest BCUT2D eigenvalue weighted by molar-refractivity contribution is -0.145. The van der Waals surface area contributed by atoms with Gasteiger partial charge in [-0.3, -0.25) is 4.79 Å². The van der Waals surface area contributed by atoms with Gasteiger partial charge in [0.1, 0.15) is 17.3 Å². The van der Waals surface area contributed by atoms with Gasteiger partial charge in [-0.15, -0.1) is 0 Å². The lowest BCUT2D eigenvalue weighted by Crippen LogP contribution is -2.15. The van der Waals surface area contributed by atoms with E-state index in [0.29, 0.717) is 22.8 Å². The second-order valence-corrected chi connectivity index (χ2v) is 5.75. The number of ether oxygens (including phenoxy) is 2. The lowest BCUT2D eigenvalue weighted by Gasteiger charge is -2.08. The van der Waals surface area contributed by atoms with Gasteiger partial charge in [0, 0.05) is 17.3 Å². The molecule has 0 atom stereocenters. The van der Waals surface area contributed by atoms with Crippen LogP contribution in [0.25, 0.3) is 11.3 Å². The predicted octanol–water partition coefficient (Wildman–Crippen LogP) is 4.28. The molecule has 7 heteroatoms. The zero-order chi connectivity index (χ0) is 19.9. The molecule has 0 unspecified atom stereocenters. The number of carbonyl (C=O) groups excluding carboxylic acids is 2. The number of hydrogen-bond acceptors (Lipinski definition) is 5. The van der Waals surface area contributed by atoms with E-state index in [-0.39, 0.29) is 24.8 Å². The molecule has 0 radical (unpaired) electrons. The van der Waals surface area contributed by atoms with Crippen molar-refractivity contribution in [3.63, 3.8) is 0 Å². The van der Waals surface area contributed by atoms with Crippen LogP contribution in [0, 0.1) is 5.82 Å². The second-order valence-electron chi connectivity index (χ2n) is 5.75. The van der Waals surface area contributed by atoms with Crippen LogP contribution in [-0.2, 0) is 9.53 Å². The Morgan fingerprint density at radius 3 is 2.68 bits per heavy atom. The average Bonchev–Trinajstić information content (AvgIpc) is 3.17. The first-order chi connectivity index (χ1) is 13.5. The molecule has 0 saturated heterocycles. The molecule has 1 N–H and O–H groups in total. The summed E-state index contributed by atoms with van der Waals surface area (Å²) in [6.45, 7) is 1.77. The van der Waals surface area contributed by atoms with E-state index in [9.17, 15) is 14.0 Å². The first-order valence-electron chi connectivity index (χ1n) is 8.61. The van der Waals surface area contributed by atoms with Crippen LogP contribution in [0.4, 0.5) is 10.1 Å². The van der Waals surface area contributed by atoms with Gasteiger partial charge in [0.2, 0.25) is 0 Å². The summed E-state index contributed by atoms with van der Waals surface area (Å²) in [5.41, 5.74) is 1.00. The topological polar surface area (TPSA) is 77.8 Å². The van der Waals surface area contributed by atoms with E-state index in [1.54, 1.807) is 49.4 Å². The van der Waals surface area contributed by atoms with E-state index < -0.39 is 11.9 Å². The molecule has 1 heterocycles. The normalized spacial score (nSPS) is 10.4. The first kappa shape index (κ1) is 19.2. The number of amides is 1. The number of carbonyl (C=O) groups is 2. The number of anilines is 1. The maximum atomic E-state index is 13.3. The summed E-state index contributed by atoms with van der Waals surface area (Å²) in [5.74, 6) is -0.457. The molecule has 3 aromatic rings. The molecule has 0 saturated carbocycles. The molecule has 0 spiro atoms. The number of nitrogens with one attached hydrogen (secondary N) is 1. The Morgan fingerprint density at radius 1 is 1.07 bits per heavy atom. The fourth-order valence-corrected chi connectivity index (χ4v) is 2.46. The predicted molar refractivity (Wildman–Crippen MR) is 101 cm³/mol. The molecule has 144 valence electrons. The van der Waals surface area contributed by atoms with E-state index >= 15 is 0 Å². The Hall–Kier alpha value is -3.61. The SMILES string of the molecule is CCOC(=O)COc1cccc(NC(=O)c2ccc(-c3cccc(F)c3)o2)c1.